The van der Waals surface area contributed by atoms with Gasteiger partial charge in [-0.15, -0.1) is 10.2 Å². The summed E-state index contributed by atoms with van der Waals surface area (Å²) in [5, 5.41) is 12.3. The first-order valence-corrected chi connectivity index (χ1v) is 10.2. The summed E-state index contributed by atoms with van der Waals surface area (Å²) in [7, 11) is 0. The van der Waals surface area contributed by atoms with Gasteiger partial charge in [-0.2, -0.15) is 0 Å². The van der Waals surface area contributed by atoms with Crippen LogP contribution in [0, 0.1) is 6.92 Å². The lowest BCUT2D eigenvalue weighted by Gasteiger charge is -2.35. The predicted octanol–water partition coefficient (Wildman–Crippen LogP) is 5.86. The SMILES string of the molecule is Cc1ccc(C2=CSC3=NN=C(c4ccccc4)[C@H](c4ccccc4)N23)cc1. The van der Waals surface area contributed by atoms with E-state index >= 15 is 0 Å². The van der Waals surface area contributed by atoms with Crippen molar-refractivity contribution in [3.05, 3.63) is 113 Å². The number of hydrogen-bond acceptors (Lipinski definition) is 4. The van der Waals surface area contributed by atoms with Crippen molar-refractivity contribution >= 4 is 28.3 Å². The highest BCUT2D eigenvalue weighted by atomic mass is 32.2. The van der Waals surface area contributed by atoms with Crippen LogP contribution in [0.1, 0.15) is 28.3 Å². The molecule has 3 nitrogen and oxygen atoms in total. The van der Waals surface area contributed by atoms with E-state index in [1.54, 1.807) is 11.8 Å². The van der Waals surface area contributed by atoms with E-state index in [0.717, 1.165) is 16.4 Å². The van der Waals surface area contributed by atoms with Crippen LogP contribution in [0.4, 0.5) is 0 Å². The highest BCUT2D eigenvalue weighted by molar-refractivity contribution is 8.16. The molecule has 0 bridgehead atoms. The summed E-state index contributed by atoms with van der Waals surface area (Å²) in [6.45, 7) is 2.11. The van der Waals surface area contributed by atoms with E-state index < -0.39 is 0 Å². The van der Waals surface area contributed by atoms with Crippen molar-refractivity contribution in [2.24, 2.45) is 10.2 Å². The molecule has 0 spiro atoms. The Balaban J connectivity index is 1.65. The molecule has 4 heteroatoms. The Hall–Kier alpha value is -3.11. The molecule has 2 aliphatic rings. The maximum atomic E-state index is 4.65. The zero-order chi connectivity index (χ0) is 18.9. The van der Waals surface area contributed by atoms with E-state index in [2.05, 4.69) is 106 Å². The summed E-state index contributed by atoms with van der Waals surface area (Å²) in [5.74, 6) is 0. The van der Waals surface area contributed by atoms with Gasteiger partial charge in [-0.05, 0) is 18.1 Å². The molecule has 0 N–H and O–H groups in total. The Bertz CT molecular complexity index is 1080. The molecule has 0 amide bonds. The lowest BCUT2D eigenvalue weighted by molar-refractivity contribution is 0.532. The van der Waals surface area contributed by atoms with Crippen LogP contribution in [0.2, 0.25) is 0 Å². The average Bonchev–Trinajstić information content (AvgIpc) is 3.19. The van der Waals surface area contributed by atoms with Crippen LogP contribution in [0.3, 0.4) is 0 Å². The number of benzene rings is 3. The lowest BCUT2D eigenvalue weighted by atomic mass is 9.94. The van der Waals surface area contributed by atoms with Gasteiger partial charge in [-0.25, -0.2) is 0 Å². The van der Waals surface area contributed by atoms with Gasteiger partial charge >= 0.3 is 0 Å². The summed E-state index contributed by atoms with van der Waals surface area (Å²) < 4.78 is 0. The van der Waals surface area contributed by atoms with Crippen molar-refractivity contribution in [3.63, 3.8) is 0 Å². The Morgan fingerprint density at radius 1 is 0.750 bits per heavy atom. The van der Waals surface area contributed by atoms with E-state index in [9.17, 15) is 0 Å². The fourth-order valence-electron chi connectivity index (χ4n) is 3.62. The third kappa shape index (κ3) is 2.96. The van der Waals surface area contributed by atoms with E-state index in [0.29, 0.717) is 0 Å². The highest BCUT2D eigenvalue weighted by Gasteiger charge is 2.38. The highest BCUT2D eigenvalue weighted by Crippen LogP contribution is 2.43. The van der Waals surface area contributed by atoms with Crippen molar-refractivity contribution in [3.8, 4) is 0 Å². The van der Waals surface area contributed by atoms with Gasteiger partial charge in [0.15, 0.2) is 5.17 Å². The number of thioether (sulfide) groups is 1. The third-order valence-electron chi connectivity index (χ3n) is 5.03. The summed E-state index contributed by atoms with van der Waals surface area (Å²) in [4.78, 5) is 2.32. The molecule has 3 aromatic rings. The van der Waals surface area contributed by atoms with Gasteiger partial charge in [0.05, 0.1) is 11.4 Å². The molecule has 2 aliphatic heterocycles. The third-order valence-corrected chi connectivity index (χ3v) is 5.86. The van der Waals surface area contributed by atoms with Gasteiger partial charge in [0.25, 0.3) is 0 Å². The van der Waals surface area contributed by atoms with Crippen LogP contribution in [0.25, 0.3) is 5.70 Å². The minimum Gasteiger partial charge on any atom is -0.305 e. The van der Waals surface area contributed by atoms with E-state index in [4.69, 9.17) is 0 Å². The molecule has 0 aromatic heterocycles. The maximum absolute atomic E-state index is 4.65. The molecule has 136 valence electrons. The summed E-state index contributed by atoms with van der Waals surface area (Å²) in [5.41, 5.74) is 6.89. The van der Waals surface area contributed by atoms with Gasteiger partial charge < -0.3 is 4.90 Å². The molecule has 28 heavy (non-hydrogen) atoms. The van der Waals surface area contributed by atoms with E-state index in [-0.39, 0.29) is 6.04 Å². The van der Waals surface area contributed by atoms with Crippen LogP contribution in [-0.4, -0.2) is 15.8 Å². The van der Waals surface area contributed by atoms with Crippen LogP contribution in [0.15, 0.2) is 101 Å². The van der Waals surface area contributed by atoms with Gasteiger partial charge in [0.2, 0.25) is 0 Å². The molecule has 0 aliphatic carbocycles. The second-order valence-electron chi connectivity index (χ2n) is 6.90. The Labute approximate surface area is 169 Å². The van der Waals surface area contributed by atoms with Crippen LogP contribution >= 0.6 is 11.8 Å². The maximum Gasteiger partial charge on any atom is 0.195 e. The number of aryl methyl sites for hydroxylation is 1. The molecule has 0 unspecified atom stereocenters. The molecule has 5 rings (SSSR count). The van der Waals surface area contributed by atoms with Crippen molar-refractivity contribution in [2.75, 3.05) is 0 Å². The number of nitrogens with zero attached hydrogens (tertiary/aromatic N) is 3. The topological polar surface area (TPSA) is 28.0 Å². The zero-order valence-electron chi connectivity index (χ0n) is 15.5. The van der Waals surface area contributed by atoms with E-state index in [1.165, 1.54) is 22.4 Å². The van der Waals surface area contributed by atoms with Crippen LogP contribution in [0.5, 0.6) is 0 Å². The van der Waals surface area contributed by atoms with E-state index in [1.807, 2.05) is 6.07 Å². The second-order valence-corrected chi connectivity index (χ2v) is 7.74. The average molecular weight is 382 g/mol. The van der Waals surface area contributed by atoms with Gasteiger partial charge in [0.1, 0.15) is 6.04 Å². The molecule has 3 aromatic carbocycles. The Morgan fingerprint density at radius 2 is 1.43 bits per heavy atom. The van der Waals surface area contributed by atoms with Crippen molar-refractivity contribution < 1.29 is 0 Å². The Morgan fingerprint density at radius 3 is 2.14 bits per heavy atom. The van der Waals surface area contributed by atoms with Gasteiger partial charge in [0, 0.05) is 11.0 Å². The Kier molecular flexibility index (Phi) is 4.34. The monoisotopic (exact) mass is 381 g/mol. The molecule has 0 fully saturated rings. The molecular weight excluding hydrogens is 362 g/mol. The summed E-state index contributed by atoms with van der Waals surface area (Å²) in [6.07, 6.45) is 0. The molecule has 0 radical (unpaired) electrons. The first kappa shape index (κ1) is 17.0. The number of amidine groups is 1. The standard InChI is InChI=1S/C24H19N3S/c1-17-12-14-18(15-13-17)21-16-28-24-26-25-22(19-8-4-2-5-9-19)23(27(21)24)20-10-6-3-7-11-20/h2-16,23H,1H3/t23-/m0/s1. The number of rotatable bonds is 3. The number of fused-ring (bicyclic) bond motifs is 1. The van der Waals surface area contributed by atoms with Crippen LogP contribution in [-0.2, 0) is 0 Å². The quantitative estimate of drug-likeness (QED) is 0.568. The smallest absolute Gasteiger partial charge is 0.195 e. The lowest BCUT2D eigenvalue weighted by Crippen LogP contribution is -2.37. The first-order valence-electron chi connectivity index (χ1n) is 9.30. The fraction of sp³-hybridized carbons (Fsp3) is 0.0833. The minimum atomic E-state index is -0.0151. The molecule has 2 heterocycles. The predicted molar refractivity (Wildman–Crippen MR) is 118 cm³/mol. The fourth-order valence-corrected chi connectivity index (χ4v) is 4.49. The summed E-state index contributed by atoms with van der Waals surface area (Å²) >= 11 is 1.64. The second kappa shape index (κ2) is 7.13. The zero-order valence-corrected chi connectivity index (χ0v) is 16.3. The largest absolute Gasteiger partial charge is 0.305 e. The van der Waals surface area contributed by atoms with Gasteiger partial charge in [-0.3, -0.25) is 0 Å². The number of hydrogen-bond donors (Lipinski definition) is 0. The molecule has 0 saturated heterocycles. The van der Waals surface area contributed by atoms with Crippen molar-refractivity contribution in [1.82, 2.24) is 4.90 Å². The van der Waals surface area contributed by atoms with Crippen LogP contribution < -0.4 is 0 Å². The first-order chi connectivity index (χ1) is 13.8. The van der Waals surface area contributed by atoms with Gasteiger partial charge in [-0.1, -0.05) is 102 Å². The van der Waals surface area contributed by atoms with Crippen molar-refractivity contribution in [1.29, 1.82) is 0 Å². The molecule has 1 atom stereocenters. The van der Waals surface area contributed by atoms with Crippen molar-refractivity contribution in [2.45, 2.75) is 13.0 Å². The minimum absolute atomic E-state index is 0.0151. The molecular formula is C24H19N3S. The normalized spacial score (nSPS) is 18.2. The molecule has 0 saturated carbocycles. The summed E-state index contributed by atoms with van der Waals surface area (Å²) in [6, 6.07) is 29.6.